The van der Waals surface area contributed by atoms with Crippen molar-refractivity contribution < 1.29 is 43.2 Å². The fraction of sp³-hybridized carbons (Fsp3) is 0.387. The minimum atomic E-state index is -0.858. The number of ketones is 2. The molecule has 2 aromatic carbocycles. The number of aliphatic carboxylic acids is 1. The number of aromatic hydroxyl groups is 1. The third-order valence-corrected chi connectivity index (χ3v) is 9.33. The fourth-order valence-corrected chi connectivity index (χ4v) is 6.42. The summed E-state index contributed by atoms with van der Waals surface area (Å²) in [5.41, 5.74) is 0. The number of halogens is 1. The lowest BCUT2D eigenvalue weighted by Crippen LogP contribution is -2.11. The molecule has 2 heterocycles. The molecule has 0 unspecified atom stereocenters. The number of carboxylic acid groups (broad SMARTS) is 1. The van der Waals surface area contributed by atoms with E-state index in [1.807, 2.05) is 0 Å². The van der Waals surface area contributed by atoms with Gasteiger partial charge in [0.1, 0.15) is 5.78 Å². The second-order valence-corrected chi connectivity index (χ2v) is 12.5. The van der Waals surface area contributed by atoms with Gasteiger partial charge >= 0.3 is 5.97 Å². The van der Waals surface area contributed by atoms with Crippen molar-refractivity contribution in [3.05, 3.63) is 45.9 Å². The second-order valence-electron chi connectivity index (χ2n) is 10.3. The summed E-state index contributed by atoms with van der Waals surface area (Å²) < 4.78 is 33.7. The summed E-state index contributed by atoms with van der Waals surface area (Å²) in [6, 6.07) is 8.38. The summed E-state index contributed by atoms with van der Waals surface area (Å²) in [6.07, 6.45) is 1.51. The molecule has 0 spiro atoms. The first kappa shape index (κ1) is 31.2. The maximum absolute atomic E-state index is 15.4. The van der Waals surface area contributed by atoms with E-state index in [0.29, 0.717) is 34.2 Å². The van der Waals surface area contributed by atoms with E-state index in [1.165, 1.54) is 36.7 Å². The summed E-state index contributed by atoms with van der Waals surface area (Å²) in [4.78, 5) is 36.6. The van der Waals surface area contributed by atoms with Crippen LogP contribution in [0.1, 0.15) is 54.6 Å². The highest BCUT2D eigenvalue weighted by molar-refractivity contribution is 7.21. The van der Waals surface area contributed by atoms with Gasteiger partial charge in [-0.15, -0.1) is 22.7 Å². The summed E-state index contributed by atoms with van der Waals surface area (Å²) in [5, 5.41) is 20.7. The van der Waals surface area contributed by atoms with E-state index in [1.54, 1.807) is 44.2 Å². The molecule has 0 aliphatic rings. The molecule has 0 bridgehead atoms. The number of phenolic OH excluding ortho intramolecular Hbond substituents is 1. The molecule has 8 nitrogen and oxygen atoms in total. The molecule has 4 rings (SSSR count). The van der Waals surface area contributed by atoms with Crippen LogP contribution in [0.15, 0.2) is 30.3 Å². The third kappa shape index (κ3) is 7.19. The molecule has 42 heavy (non-hydrogen) atoms. The predicted molar refractivity (Wildman–Crippen MR) is 161 cm³/mol. The summed E-state index contributed by atoms with van der Waals surface area (Å²) >= 11 is 2.65. The number of phenols is 1. The molecule has 0 saturated heterocycles. The highest BCUT2D eigenvalue weighted by atomic mass is 32.1. The molecule has 0 radical (unpaired) electrons. The van der Waals surface area contributed by atoms with Gasteiger partial charge in [-0.2, -0.15) is 0 Å². The zero-order valence-electron chi connectivity index (χ0n) is 23.8. The Balaban J connectivity index is 1.36. The molecule has 224 valence electrons. The molecule has 0 amide bonds. The SMILES string of the molecule is COc1cc2sc(CC[C@H](C)C(=O)O)cc2c(F)c1OCCCOc1cc2cc(C(=O)C[C@H](C)C(C)=O)sc2cc1O. The lowest BCUT2D eigenvalue weighted by Gasteiger charge is -2.13. The van der Waals surface area contributed by atoms with Gasteiger partial charge < -0.3 is 24.4 Å². The molecule has 2 aromatic heterocycles. The number of aryl methyl sites for hydroxylation is 1. The van der Waals surface area contributed by atoms with Crippen LogP contribution in [0, 0.1) is 17.7 Å². The van der Waals surface area contributed by atoms with Crippen LogP contribution in [0.3, 0.4) is 0 Å². The van der Waals surface area contributed by atoms with Crippen LogP contribution in [0.2, 0.25) is 0 Å². The Morgan fingerprint density at radius 2 is 1.69 bits per heavy atom. The molecule has 11 heteroatoms. The van der Waals surface area contributed by atoms with Gasteiger partial charge in [0.25, 0.3) is 0 Å². The topological polar surface area (TPSA) is 119 Å². The van der Waals surface area contributed by atoms with Crippen molar-refractivity contribution in [3.63, 3.8) is 0 Å². The van der Waals surface area contributed by atoms with Crippen LogP contribution in [0.5, 0.6) is 23.0 Å². The monoisotopic (exact) mass is 616 g/mol. The molecule has 4 aromatic rings. The lowest BCUT2D eigenvalue weighted by atomic mass is 10.0. The first-order chi connectivity index (χ1) is 20.0. The van der Waals surface area contributed by atoms with Crippen molar-refractivity contribution in [3.8, 4) is 23.0 Å². The minimum Gasteiger partial charge on any atom is -0.504 e. The van der Waals surface area contributed by atoms with Gasteiger partial charge in [0, 0.05) is 50.6 Å². The van der Waals surface area contributed by atoms with Crippen LogP contribution < -0.4 is 14.2 Å². The summed E-state index contributed by atoms with van der Waals surface area (Å²) in [7, 11) is 1.44. The van der Waals surface area contributed by atoms with Gasteiger partial charge in [0.05, 0.1) is 31.1 Å². The fourth-order valence-electron chi connectivity index (χ4n) is 4.29. The number of fused-ring (bicyclic) bond motifs is 2. The standard InChI is InChI=1S/C31H33FO8S2/c1-16(31(36)37)6-7-20-13-21-27(41-20)15-25(38-4)30(29(21)32)40-9-5-8-39-24-11-19-12-28(42-26(19)14-22(24)34)23(35)10-17(2)18(3)33/h11-17,34H,5-10H2,1-4H3,(H,36,37)/t16-,17-/m0/s1. The second kappa shape index (κ2) is 13.5. The molecule has 0 saturated carbocycles. The van der Waals surface area contributed by atoms with Gasteiger partial charge in [-0.25, -0.2) is 4.39 Å². The molecular weight excluding hydrogens is 583 g/mol. The smallest absolute Gasteiger partial charge is 0.306 e. The zero-order chi connectivity index (χ0) is 30.6. The van der Waals surface area contributed by atoms with Crippen LogP contribution in [-0.4, -0.2) is 48.1 Å². The predicted octanol–water partition coefficient (Wildman–Crippen LogP) is 7.27. The average molecular weight is 617 g/mol. The minimum absolute atomic E-state index is 0.00733. The number of hydrogen-bond acceptors (Lipinski definition) is 9. The lowest BCUT2D eigenvalue weighted by molar-refractivity contribution is -0.141. The van der Waals surface area contributed by atoms with Crippen LogP contribution >= 0.6 is 22.7 Å². The Hall–Kier alpha value is -3.70. The van der Waals surface area contributed by atoms with Crippen molar-refractivity contribution in [2.45, 2.75) is 46.5 Å². The molecule has 0 fully saturated rings. The molecule has 0 aliphatic carbocycles. The van der Waals surface area contributed by atoms with Crippen LogP contribution in [0.4, 0.5) is 4.39 Å². The molecular formula is C31H33FO8S2. The number of thiophene rings is 2. The van der Waals surface area contributed by atoms with Crippen LogP contribution in [-0.2, 0) is 16.0 Å². The maximum atomic E-state index is 15.4. The van der Waals surface area contributed by atoms with Gasteiger partial charge in [-0.3, -0.25) is 14.4 Å². The van der Waals surface area contributed by atoms with Gasteiger partial charge in [-0.1, -0.05) is 13.8 Å². The number of ether oxygens (including phenoxy) is 3. The number of methoxy groups -OCH3 is 1. The van der Waals surface area contributed by atoms with Crippen molar-refractivity contribution in [2.75, 3.05) is 20.3 Å². The Kier molecular flexibility index (Phi) is 10.1. The maximum Gasteiger partial charge on any atom is 0.306 e. The number of Topliss-reactive ketones (excluding diaryl/α,β-unsaturated/α-hetero) is 2. The molecule has 2 N–H and O–H groups in total. The quantitative estimate of drug-likeness (QED) is 0.106. The number of carbonyl (C=O) groups is 3. The van der Waals surface area contributed by atoms with Gasteiger partial charge in [0.2, 0.25) is 0 Å². The van der Waals surface area contributed by atoms with E-state index >= 15 is 4.39 Å². The number of carboxylic acids is 1. The zero-order valence-corrected chi connectivity index (χ0v) is 25.5. The third-order valence-electron chi connectivity index (χ3n) is 7.05. The highest BCUT2D eigenvalue weighted by Gasteiger charge is 2.20. The van der Waals surface area contributed by atoms with Gasteiger partial charge in [-0.05, 0) is 43.4 Å². The Morgan fingerprint density at radius 3 is 2.38 bits per heavy atom. The van der Waals surface area contributed by atoms with E-state index in [2.05, 4.69) is 0 Å². The van der Waals surface area contributed by atoms with Gasteiger partial charge in [0.15, 0.2) is 34.6 Å². The van der Waals surface area contributed by atoms with Crippen molar-refractivity contribution in [1.82, 2.24) is 0 Å². The Morgan fingerprint density at radius 1 is 0.952 bits per heavy atom. The summed E-state index contributed by atoms with van der Waals surface area (Å²) in [5.74, 6) is -1.95. The summed E-state index contributed by atoms with van der Waals surface area (Å²) in [6.45, 7) is 5.15. The van der Waals surface area contributed by atoms with Crippen LogP contribution in [0.25, 0.3) is 20.2 Å². The Bertz CT molecular complexity index is 1620. The first-order valence-corrected chi connectivity index (χ1v) is 15.2. The normalized spacial score (nSPS) is 12.8. The first-order valence-electron chi connectivity index (χ1n) is 13.6. The molecule has 2 atom stereocenters. The van der Waals surface area contributed by atoms with Crippen molar-refractivity contribution in [2.24, 2.45) is 11.8 Å². The van der Waals surface area contributed by atoms with Crippen molar-refractivity contribution >= 4 is 60.4 Å². The number of rotatable bonds is 15. The number of carbonyl (C=O) groups excluding carboxylic acids is 2. The largest absolute Gasteiger partial charge is 0.504 e. The average Bonchev–Trinajstić information content (AvgIpc) is 3.56. The van der Waals surface area contributed by atoms with E-state index in [9.17, 15) is 19.5 Å². The highest BCUT2D eigenvalue weighted by Crippen LogP contribution is 2.41. The van der Waals surface area contributed by atoms with E-state index in [-0.39, 0.29) is 60.1 Å². The number of benzene rings is 2. The number of hydrogen-bond donors (Lipinski definition) is 2. The molecule has 0 aliphatic heterocycles. The van der Waals surface area contributed by atoms with E-state index in [4.69, 9.17) is 19.3 Å². The Labute approximate surface area is 250 Å². The van der Waals surface area contributed by atoms with E-state index < -0.39 is 17.7 Å². The van der Waals surface area contributed by atoms with Crippen molar-refractivity contribution in [1.29, 1.82) is 0 Å². The van der Waals surface area contributed by atoms with E-state index in [0.717, 1.165) is 15.0 Å².